The molecule has 0 heterocycles. The third-order valence-electron chi connectivity index (χ3n) is 6.53. The highest BCUT2D eigenvalue weighted by Crippen LogP contribution is 2.89. The van der Waals surface area contributed by atoms with Crippen molar-refractivity contribution in [2.24, 2.45) is 47.3 Å². The van der Waals surface area contributed by atoms with Crippen LogP contribution in [0, 0.1) is 47.3 Å². The molecule has 112 valence electrons. The summed E-state index contributed by atoms with van der Waals surface area (Å²) in [6, 6.07) is 0. The maximum Gasteiger partial charge on any atom is 0.264 e. The molecule has 0 spiro atoms. The molecule has 4 bridgehead atoms. The van der Waals surface area contributed by atoms with Crippen molar-refractivity contribution < 1.29 is 25.2 Å². The van der Waals surface area contributed by atoms with Gasteiger partial charge in [-0.05, 0) is 47.3 Å². The average molecular weight is 320 g/mol. The second-order valence-electron chi connectivity index (χ2n) is 7.15. The highest BCUT2D eigenvalue weighted by atomic mass is 32.2. The van der Waals surface area contributed by atoms with Crippen LogP contribution in [0.15, 0.2) is 0 Å². The van der Waals surface area contributed by atoms with Crippen LogP contribution >= 0.6 is 0 Å². The molecule has 6 rings (SSSR count). The summed E-state index contributed by atoms with van der Waals surface area (Å²) in [6.07, 6.45) is 1.72. The molecule has 0 aromatic heterocycles. The molecule has 8 heteroatoms. The molecule has 0 unspecified atom stereocenters. The number of hydrogen-bond acceptors (Lipinski definition) is 6. The van der Waals surface area contributed by atoms with E-state index in [0.29, 0.717) is 35.5 Å². The van der Waals surface area contributed by atoms with Crippen molar-refractivity contribution in [3.8, 4) is 0 Å². The fraction of sp³-hybridized carbons (Fsp3) is 1.00. The van der Waals surface area contributed by atoms with Crippen molar-refractivity contribution >= 4 is 20.2 Å². The van der Waals surface area contributed by atoms with Crippen LogP contribution in [0.3, 0.4) is 0 Å². The molecule has 0 aliphatic heterocycles. The quantitative estimate of drug-likeness (QED) is 0.660. The zero-order chi connectivity index (χ0) is 14.2. The minimum atomic E-state index is -3.46. The molecule has 0 radical (unpaired) electrons. The van der Waals surface area contributed by atoms with E-state index in [9.17, 15) is 16.8 Å². The van der Waals surface area contributed by atoms with Gasteiger partial charge in [-0.2, -0.15) is 16.8 Å². The first-order chi connectivity index (χ1) is 9.19. The lowest BCUT2D eigenvalue weighted by atomic mass is 9.41. The topological polar surface area (TPSA) is 86.7 Å². The Labute approximate surface area is 118 Å². The van der Waals surface area contributed by atoms with Crippen molar-refractivity contribution in [1.29, 1.82) is 0 Å². The van der Waals surface area contributed by atoms with E-state index in [1.54, 1.807) is 0 Å². The molecule has 6 saturated carbocycles. The van der Waals surface area contributed by atoms with Crippen LogP contribution in [0.4, 0.5) is 0 Å². The predicted octanol–water partition coefficient (Wildman–Crippen LogP) is -0.326. The molecular formula is C12H16O6S2. The fourth-order valence-corrected chi connectivity index (χ4v) is 8.06. The summed E-state index contributed by atoms with van der Waals surface area (Å²) in [5, 5.41) is 0. The third kappa shape index (κ3) is 1.16. The normalized spacial score (nSPS) is 60.7. The van der Waals surface area contributed by atoms with Crippen molar-refractivity contribution in [2.45, 2.75) is 12.2 Å². The summed E-state index contributed by atoms with van der Waals surface area (Å²) in [4.78, 5) is 0. The molecule has 0 aromatic rings. The van der Waals surface area contributed by atoms with Crippen LogP contribution in [0.2, 0.25) is 0 Å². The molecule has 10 atom stereocenters. The van der Waals surface area contributed by atoms with Crippen LogP contribution < -0.4 is 0 Å². The lowest BCUT2D eigenvalue weighted by Gasteiger charge is -2.63. The Hall–Kier alpha value is -0.180. The SMILES string of the molecule is CS(=O)(=O)O[C@@H]1[C@H]2[C@H]3[C@H](OS(C)(=O)=O)[C@H]4[C@@H]2[C@@H]2[C@@H]1[C@@H]3[C@H]42. The molecule has 0 N–H and O–H groups in total. The minimum Gasteiger partial charge on any atom is -0.266 e. The molecule has 6 nitrogen and oxygen atoms in total. The monoisotopic (exact) mass is 320 g/mol. The van der Waals surface area contributed by atoms with Crippen LogP contribution in [-0.4, -0.2) is 41.6 Å². The Bertz CT molecular complexity index is 650. The first-order valence-electron chi connectivity index (χ1n) is 6.95. The second-order valence-corrected chi connectivity index (χ2v) is 10.4. The Morgan fingerprint density at radius 1 is 0.550 bits per heavy atom. The fourth-order valence-electron chi connectivity index (χ4n) is 6.74. The zero-order valence-corrected chi connectivity index (χ0v) is 12.7. The van der Waals surface area contributed by atoms with Gasteiger partial charge in [0.1, 0.15) is 0 Å². The van der Waals surface area contributed by atoms with Crippen LogP contribution in [0.25, 0.3) is 0 Å². The zero-order valence-electron chi connectivity index (χ0n) is 11.0. The molecular weight excluding hydrogens is 304 g/mol. The van der Waals surface area contributed by atoms with E-state index in [1.807, 2.05) is 0 Å². The molecule has 6 aliphatic rings. The van der Waals surface area contributed by atoms with Gasteiger partial charge in [-0.25, -0.2) is 0 Å². The van der Waals surface area contributed by atoms with Crippen molar-refractivity contribution in [3.63, 3.8) is 0 Å². The van der Waals surface area contributed by atoms with Gasteiger partial charge >= 0.3 is 0 Å². The van der Waals surface area contributed by atoms with Gasteiger partial charge in [0, 0.05) is 0 Å². The third-order valence-corrected chi connectivity index (χ3v) is 7.68. The summed E-state index contributed by atoms with van der Waals surface area (Å²) in [5.41, 5.74) is 0. The maximum atomic E-state index is 11.4. The summed E-state index contributed by atoms with van der Waals surface area (Å²) in [7, 11) is -6.92. The van der Waals surface area contributed by atoms with Gasteiger partial charge in [0.25, 0.3) is 20.2 Å². The van der Waals surface area contributed by atoms with E-state index < -0.39 is 20.2 Å². The van der Waals surface area contributed by atoms with Crippen LogP contribution in [0.1, 0.15) is 0 Å². The molecule has 0 amide bonds. The highest BCUT2D eigenvalue weighted by molar-refractivity contribution is 7.86. The van der Waals surface area contributed by atoms with Crippen molar-refractivity contribution in [1.82, 2.24) is 0 Å². The minimum absolute atomic E-state index is 0.187. The highest BCUT2D eigenvalue weighted by Gasteiger charge is 2.90. The maximum absolute atomic E-state index is 11.4. The van der Waals surface area contributed by atoms with Crippen molar-refractivity contribution in [3.05, 3.63) is 0 Å². The summed E-state index contributed by atoms with van der Waals surface area (Å²) in [6.45, 7) is 0. The van der Waals surface area contributed by atoms with Gasteiger partial charge in [0.2, 0.25) is 0 Å². The smallest absolute Gasteiger partial charge is 0.264 e. The van der Waals surface area contributed by atoms with Gasteiger partial charge in [0.05, 0.1) is 24.7 Å². The first kappa shape index (κ1) is 12.4. The molecule has 6 fully saturated rings. The van der Waals surface area contributed by atoms with E-state index in [4.69, 9.17) is 8.37 Å². The molecule has 0 aromatic carbocycles. The van der Waals surface area contributed by atoms with E-state index in [-0.39, 0.29) is 24.0 Å². The summed E-state index contributed by atoms with van der Waals surface area (Å²) in [5.74, 6) is 2.99. The standard InChI is InChI=1S/C12H16O6S2/c1-19(13,14)17-11-7-3-4-5(7)10-9(11)6(3)8(4)12(10)18-20(2,15)16/h3-12H,1-2H3/t3-,4-,5+,6+,7-,8-,9-,10+,11+,12-/m1/s1. The average Bonchev–Trinajstić information content (AvgIpc) is 2.66. The van der Waals surface area contributed by atoms with Gasteiger partial charge in [-0.15, -0.1) is 0 Å². The summed E-state index contributed by atoms with van der Waals surface area (Å²) < 4.78 is 56.4. The van der Waals surface area contributed by atoms with Gasteiger partial charge in [-0.1, -0.05) is 0 Å². The summed E-state index contributed by atoms with van der Waals surface area (Å²) >= 11 is 0. The first-order valence-corrected chi connectivity index (χ1v) is 10.6. The molecule has 6 aliphatic carbocycles. The van der Waals surface area contributed by atoms with Gasteiger partial charge in [0.15, 0.2) is 0 Å². The van der Waals surface area contributed by atoms with Crippen molar-refractivity contribution in [2.75, 3.05) is 12.5 Å². The Morgan fingerprint density at radius 2 is 0.800 bits per heavy atom. The van der Waals surface area contributed by atoms with E-state index in [0.717, 1.165) is 12.5 Å². The van der Waals surface area contributed by atoms with Gasteiger partial charge < -0.3 is 0 Å². The lowest BCUT2D eigenvalue weighted by molar-refractivity contribution is -0.174. The van der Waals surface area contributed by atoms with E-state index >= 15 is 0 Å². The second kappa shape index (κ2) is 3.11. The number of rotatable bonds is 4. The lowest BCUT2D eigenvalue weighted by Crippen LogP contribution is -2.61. The molecule has 0 saturated heterocycles. The largest absolute Gasteiger partial charge is 0.266 e. The van der Waals surface area contributed by atoms with E-state index in [2.05, 4.69) is 0 Å². The Morgan fingerprint density at radius 3 is 1.10 bits per heavy atom. The molecule has 20 heavy (non-hydrogen) atoms. The predicted molar refractivity (Wildman–Crippen MR) is 67.4 cm³/mol. The van der Waals surface area contributed by atoms with E-state index in [1.165, 1.54) is 0 Å². The van der Waals surface area contributed by atoms with Gasteiger partial charge in [-0.3, -0.25) is 8.37 Å². The number of hydrogen-bond donors (Lipinski definition) is 0. The van der Waals surface area contributed by atoms with Crippen LogP contribution in [0.5, 0.6) is 0 Å². The Balaban J connectivity index is 1.50. The van der Waals surface area contributed by atoms with Crippen LogP contribution in [-0.2, 0) is 28.6 Å². The Kier molecular flexibility index (Phi) is 1.93.